The molecule has 0 unspecified atom stereocenters. The summed E-state index contributed by atoms with van der Waals surface area (Å²) in [6.07, 6.45) is 33.3. The molecule has 0 heterocycles. The molecule has 0 aromatic heterocycles. The average molecular weight is 473 g/mol. The lowest BCUT2D eigenvalue weighted by Crippen LogP contribution is -1.91. The first-order chi connectivity index (χ1) is 16.9. The quantitative estimate of drug-likeness (QED) is 0.0940. The summed E-state index contributed by atoms with van der Waals surface area (Å²) in [5.74, 6) is 0. The van der Waals surface area contributed by atoms with Crippen molar-refractivity contribution in [1.29, 1.82) is 0 Å². The zero-order valence-corrected chi connectivity index (χ0v) is 22.5. The smallest absolute Gasteiger partial charge is 0.293 e. The Hall–Kier alpha value is -1.31. The highest BCUT2D eigenvalue weighted by Crippen LogP contribution is 2.16. The summed E-state index contributed by atoms with van der Waals surface area (Å²) in [7, 11) is 0. The highest BCUT2D eigenvalue weighted by molar-refractivity contribution is 5.36. The fourth-order valence-corrected chi connectivity index (χ4v) is 4.92. The summed E-state index contributed by atoms with van der Waals surface area (Å²) >= 11 is 0. The summed E-state index contributed by atoms with van der Waals surface area (Å²) in [5.41, 5.74) is 1.50. The molecular formula is C32H56O2. The van der Waals surface area contributed by atoms with Crippen molar-refractivity contribution in [2.45, 2.75) is 154 Å². The zero-order chi connectivity index (χ0) is 24.2. The van der Waals surface area contributed by atoms with Gasteiger partial charge in [-0.1, -0.05) is 165 Å². The number of hydrogen-bond donors (Lipinski definition) is 0. The van der Waals surface area contributed by atoms with Gasteiger partial charge in [0.25, 0.3) is 6.47 Å². The Morgan fingerprint density at radius 3 is 1.12 bits per heavy atom. The van der Waals surface area contributed by atoms with Crippen LogP contribution in [0.4, 0.5) is 0 Å². The first-order valence-corrected chi connectivity index (χ1v) is 15.0. The second-order valence-corrected chi connectivity index (χ2v) is 10.3. The van der Waals surface area contributed by atoms with Crippen LogP contribution < -0.4 is 0 Å². The van der Waals surface area contributed by atoms with Crippen molar-refractivity contribution >= 4 is 6.47 Å². The van der Waals surface area contributed by atoms with Gasteiger partial charge in [-0.05, 0) is 24.8 Å². The van der Waals surface area contributed by atoms with Crippen molar-refractivity contribution in [2.24, 2.45) is 0 Å². The molecule has 0 spiro atoms. The molecule has 0 atom stereocenters. The molecule has 34 heavy (non-hydrogen) atoms. The molecule has 196 valence electrons. The maximum Gasteiger partial charge on any atom is 0.293 e. The van der Waals surface area contributed by atoms with Crippen LogP contribution >= 0.6 is 0 Å². The highest BCUT2D eigenvalue weighted by atomic mass is 16.5. The third-order valence-electron chi connectivity index (χ3n) is 7.14. The molecule has 0 saturated heterocycles. The third-order valence-corrected chi connectivity index (χ3v) is 7.14. The zero-order valence-electron chi connectivity index (χ0n) is 22.5. The van der Waals surface area contributed by atoms with E-state index in [2.05, 4.69) is 30.3 Å². The van der Waals surface area contributed by atoms with Crippen LogP contribution in [-0.4, -0.2) is 13.1 Å². The maximum absolute atomic E-state index is 10.0. The van der Waals surface area contributed by atoms with Crippen molar-refractivity contribution in [3.8, 4) is 0 Å². The van der Waals surface area contributed by atoms with Crippen LogP contribution in [-0.2, 0) is 16.0 Å². The van der Waals surface area contributed by atoms with E-state index >= 15 is 0 Å². The Morgan fingerprint density at radius 1 is 0.441 bits per heavy atom. The number of aryl methyl sites for hydroxylation is 1. The van der Waals surface area contributed by atoms with Crippen molar-refractivity contribution < 1.29 is 9.53 Å². The Kier molecular flexibility index (Phi) is 23.8. The minimum atomic E-state index is 0.555. The van der Waals surface area contributed by atoms with Gasteiger partial charge in [0.2, 0.25) is 0 Å². The number of carbonyl (C=O) groups is 1. The molecule has 1 aromatic rings. The highest BCUT2D eigenvalue weighted by Gasteiger charge is 1.97. The summed E-state index contributed by atoms with van der Waals surface area (Å²) in [4.78, 5) is 10.0. The molecule has 2 heteroatoms. The molecular weight excluding hydrogens is 416 g/mol. The van der Waals surface area contributed by atoms with Crippen LogP contribution in [0.2, 0.25) is 0 Å². The van der Waals surface area contributed by atoms with Crippen LogP contribution in [0.25, 0.3) is 0 Å². The van der Waals surface area contributed by atoms with E-state index in [4.69, 9.17) is 4.74 Å². The van der Waals surface area contributed by atoms with E-state index in [-0.39, 0.29) is 0 Å². The lowest BCUT2D eigenvalue weighted by Gasteiger charge is -2.04. The summed E-state index contributed by atoms with van der Waals surface area (Å²) < 4.78 is 4.71. The number of carbonyl (C=O) groups excluding carboxylic acids is 1. The number of hydrogen-bond acceptors (Lipinski definition) is 2. The van der Waals surface area contributed by atoms with E-state index in [9.17, 15) is 4.79 Å². The molecule has 0 aliphatic heterocycles. The van der Waals surface area contributed by atoms with Gasteiger partial charge in [-0.25, -0.2) is 0 Å². The monoisotopic (exact) mass is 472 g/mol. The van der Waals surface area contributed by atoms with Gasteiger partial charge in [0.15, 0.2) is 0 Å². The van der Waals surface area contributed by atoms with E-state index in [1.54, 1.807) is 0 Å². The molecule has 0 radical (unpaired) electrons. The Balaban J connectivity index is 1.64. The lowest BCUT2D eigenvalue weighted by atomic mass is 10.0. The second-order valence-electron chi connectivity index (χ2n) is 10.3. The van der Waals surface area contributed by atoms with Crippen LogP contribution in [0.15, 0.2) is 30.3 Å². The van der Waals surface area contributed by atoms with Gasteiger partial charge in [0.1, 0.15) is 0 Å². The molecule has 0 saturated carbocycles. The molecule has 1 aromatic carbocycles. The van der Waals surface area contributed by atoms with E-state index in [1.807, 2.05) is 0 Å². The van der Waals surface area contributed by atoms with Crippen LogP contribution in [0.5, 0.6) is 0 Å². The van der Waals surface area contributed by atoms with Gasteiger partial charge in [0, 0.05) is 0 Å². The molecule has 0 fully saturated rings. The summed E-state index contributed by atoms with van der Waals surface area (Å²) in [5, 5.41) is 0. The lowest BCUT2D eigenvalue weighted by molar-refractivity contribution is -0.128. The van der Waals surface area contributed by atoms with Gasteiger partial charge in [-0.3, -0.25) is 4.79 Å². The second kappa shape index (κ2) is 26.3. The topological polar surface area (TPSA) is 26.3 Å². The van der Waals surface area contributed by atoms with E-state index < -0.39 is 0 Å². The summed E-state index contributed by atoms with van der Waals surface area (Å²) in [6.45, 7) is 1.15. The Morgan fingerprint density at radius 2 is 0.765 bits per heavy atom. The SMILES string of the molecule is O=COCCCCCCCCCCCCCCCCCCCCCCCCCc1ccccc1. The van der Waals surface area contributed by atoms with Crippen molar-refractivity contribution in [3.63, 3.8) is 0 Å². The normalized spacial score (nSPS) is 11.1. The van der Waals surface area contributed by atoms with Crippen LogP contribution in [0.3, 0.4) is 0 Å². The summed E-state index contributed by atoms with van der Waals surface area (Å²) in [6, 6.07) is 10.9. The first-order valence-electron chi connectivity index (χ1n) is 15.0. The first kappa shape index (κ1) is 30.7. The van der Waals surface area contributed by atoms with Gasteiger partial charge < -0.3 is 4.74 Å². The number of unbranched alkanes of at least 4 members (excludes halogenated alkanes) is 22. The standard InChI is InChI=1S/C32H56O2/c33-31-34-30-26-21-19-17-15-13-11-9-7-5-3-1-2-4-6-8-10-12-14-16-18-20-23-27-32-28-24-22-25-29-32/h22,24-25,28-29,31H,1-21,23,26-27,30H2. The molecule has 0 bridgehead atoms. The Labute approximate surface area is 212 Å². The van der Waals surface area contributed by atoms with Crippen molar-refractivity contribution in [1.82, 2.24) is 0 Å². The Bertz CT molecular complexity index is 513. The third kappa shape index (κ3) is 22.5. The van der Waals surface area contributed by atoms with Gasteiger partial charge in [-0.15, -0.1) is 0 Å². The molecule has 0 aliphatic carbocycles. The molecule has 2 nitrogen and oxygen atoms in total. The minimum absolute atomic E-state index is 0.555. The molecule has 0 amide bonds. The van der Waals surface area contributed by atoms with Crippen LogP contribution in [0, 0.1) is 0 Å². The van der Waals surface area contributed by atoms with Gasteiger partial charge >= 0.3 is 0 Å². The van der Waals surface area contributed by atoms with E-state index in [1.165, 1.54) is 153 Å². The van der Waals surface area contributed by atoms with E-state index in [0.29, 0.717) is 13.1 Å². The predicted octanol–water partition coefficient (Wildman–Crippen LogP) is 10.4. The van der Waals surface area contributed by atoms with Crippen LogP contribution in [0.1, 0.15) is 153 Å². The fourth-order valence-electron chi connectivity index (χ4n) is 4.92. The van der Waals surface area contributed by atoms with Crippen molar-refractivity contribution in [3.05, 3.63) is 35.9 Å². The maximum atomic E-state index is 10.0. The molecule has 1 rings (SSSR count). The molecule has 0 aliphatic rings. The average Bonchev–Trinajstić information content (AvgIpc) is 2.87. The largest absolute Gasteiger partial charge is 0.468 e. The molecule has 0 N–H and O–H groups in total. The minimum Gasteiger partial charge on any atom is -0.468 e. The van der Waals surface area contributed by atoms with Crippen molar-refractivity contribution in [2.75, 3.05) is 6.61 Å². The number of rotatable bonds is 27. The number of ether oxygens (including phenoxy) is 1. The van der Waals surface area contributed by atoms with E-state index in [0.717, 1.165) is 6.42 Å². The van der Waals surface area contributed by atoms with Gasteiger partial charge in [-0.2, -0.15) is 0 Å². The number of benzene rings is 1. The fraction of sp³-hybridized carbons (Fsp3) is 0.781. The van der Waals surface area contributed by atoms with Gasteiger partial charge in [0.05, 0.1) is 6.61 Å². The predicted molar refractivity (Wildman–Crippen MR) is 148 cm³/mol.